The molecule has 0 fully saturated rings. The van der Waals surface area contributed by atoms with Crippen LogP contribution in [0.3, 0.4) is 0 Å². The zero-order valence-corrected chi connectivity index (χ0v) is 16.4. The van der Waals surface area contributed by atoms with E-state index in [1.165, 1.54) is 21.5 Å². The lowest BCUT2D eigenvalue weighted by Gasteiger charge is -2.28. The lowest BCUT2D eigenvalue weighted by molar-refractivity contribution is 0.454. The zero-order chi connectivity index (χ0) is 20.3. The summed E-state index contributed by atoms with van der Waals surface area (Å²) in [5.41, 5.74) is 3.24. The van der Waals surface area contributed by atoms with E-state index in [1.54, 1.807) is 0 Å². The molecule has 5 aromatic rings. The molecule has 0 aromatic heterocycles. The lowest BCUT2D eigenvalue weighted by atomic mass is 10.0. The van der Waals surface area contributed by atoms with Gasteiger partial charge in [0, 0.05) is 16.5 Å². The van der Waals surface area contributed by atoms with Gasteiger partial charge in [0.05, 0.1) is 11.4 Å². The summed E-state index contributed by atoms with van der Waals surface area (Å²) in [6.45, 7) is 0. The normalized spacial score (nSPS) is 10.8. The minimum absolute atomic E-state index is 0.338. The summed E-state index contributed by atoms with van der Waals surface area (Å²) >= 11 is 0. The number of hydrogen-bond acceptors (Lipinski definition) is 3. The zero-order valence-electron chi connectivity index (χ0n) is 16.4. The molecular formula is C26H20BNO2. The Morgan fingerprint density at radius 2 is 1.07 bits per heavy atom. The van der Waals surface area contributed by atoms with Gasteiger partial charge in [0.2, 0.25) is 0 Å². The Kier molecular flexibility index (Phi) is 4.84. The third-order valence-electron chi connectivity index (χ3n) is 5.34. The number of rotatable bonds is 5. The molecule has 0 heterocycles. The molecule has 5 rings (SSSR count). The van der Waals surface area contributed by atoms with Crippen LogP contribution in [0.4, 0.5) is 17.1 Å². The largest absolute Gasteiger partial charge is 0.539 e. The Balaban J connectivity index is 1.78. The van der Waals surface area contributed by atoms with Gasteiger partial charge < -0.3 is 14.6 Å². The lowest BCUT2D eigenvalue weighted by Crippen LogP contribution is -2.11. The van der Waals surface area contributed by atoms with E-state index in [-0.39, 0.29) is 7.69 Å². The van der Waals surface area contributed by atoms with Gasteiger partial charge in [-0.05, 0) is 47.2 Å². The van der Waals surface area contributed by atoms with Crippen molar-refractivity contribution in [2.75, 3.05) is 4.90 Å². The maximum absolute atomic E-state index is 9.06. The van der Waals surface area contributed by atoms with Gasteiger partial charge in [0.25, 0.3) is 0 Å². The number of hydrogen-bond donors (Lipinski definition) is 1. The van der Waals surface area contributed by atoms with Crippen LogP contribution >= 0.6 is 0 Å². The first kappa shape index (κ1) is 18.3. The summed E-state index contributed by atoms with van der Waals surface area (Å²) in [6.07, 6.45) is 0. The summed E-state index contributed by atoms with van der Waals surface area (Å²) < 4.78 is 5.23. The number of nitrogens with zero attached hydrogens (tertiary/aromatic N) is 1. The first-order chi connectivity index (χ1) is 14.8. The molecule has 3 nitrogen and oxygen atoms in total. The van der Waals surface area contributed by atoms with Crippen molar-refractivity contribution in [2.45, 2.75) is 0 Å². The quantitative estimate of drug-likeness (QED) is 0.369. The molecule has 0 saturated carbocycles. The van der Waals surface area contributed by atoms with E-state index in [0.29, 0.717) is 5.75 Å². The molecule has 0 spiro atoms. The van der Waals surface area contributed by atoms with Gasteiger partial charge in [-0.3, -0.25) is 0 Å². The molecule has 0 saturated heterocycles. The van der Waals surface area contributed by atoms with E-state index in [4.69, 9.17) is 9.68 Å². The van der Waals surface area contributed by atoms with E-state index >= 15 is 0 Å². The van der Waals surface area contributed by atoms with Gasteiger partial charge in [-0.15, -0.1) is 0 Å². The molecule has 0 aliphatic rings. The van der Waals surface area contributed by atoms with E-state index < -0.39 is 0 Å². The van der Waals surface area contributed by atoms with Crippen LogP contribution in [-0.4, -0.2) is 12.7 Å². The Bertz CT molecular complexity index is 1230. The van der Waals surface area contributed by atoms with Crippen LogP contribution < -0.4 is 9.55 Å². The number of anilines is 3. The van der Waals surface area contributed by atoms with Crippen LogP contribution in [0.15, 0.2) is 109 Å². The third-order valence-corrected chi connectivity index (χ3v) is 5.34. The Morgan fingerprint density at radius 1 is 0.567 bits per heavy atom. The van der Waals surface area contributed by atoms with Crippen LogP contribution in [0.25, 0.3) is 21.5 Å². The fraction of sp³-hybridized carbons (Fsp3) is 0. The van der Waals surface area contributed by atoms with Crippen LogP contribution in [0, 0.1) is 0 Å². The van der Waals surface area contributed by atoms with Crippen molar-refractivity contribution in [1.29, 1.82) is 0 Å². The highest BCUT2D eigenvalue weighted by atomic mass is 16.5. The molecule has 4 heteroatoms. The maximum Gasteiger partial charge on any atom is 0.504 e. The average Bonchev–Trinajstić information content (AvgIpc) is 2.81. The molecule has 0 amide bonds. The van der Waals surface area contributed by atoms with E-state index in [2.05, 4.69) is 89.8 Å². The smallest absolute Gasteiger partial charge is 0.504 e. The SMILES string of the molecule is OBOc1ccc(N(c2cccc3ccccc23)c2cccc3ccccc23)cc1. The van der Waals surface area contributed by atoms with E-state index in [9.17, 15) is 0 Å². The molecule has 0 aliphatic carbocycles. The second-order valence-electron chi connectivity index (χ2n) is 7.10. The summed E-state index contributed by atoms with van der Waals surface area (Å²) in [6, 6.07) is 37.5. The van der Waals surface area contributed by atoms with Crippen molar-refractivity contribution < 1.29 is 9.68 Å². The summed E-state index contributed by atoms with van der Waals surface area (Å²) in [7, 11) is -0.338. The fourth-order valence-electron chi connectivity index (χ4n) is 3.98. The highest BCUT2D eigenvalue weighted by Crippen LogP contribution is 2.42. The van der Waals surface area contributed by atoms with Gasteiger partial charge in [0.15, 0.2) is 0 Å². The second kappa shape index (κ2) is 7.93. The summed E-state index contributed by atoms with van der Waals surface area (Å²) in [5, 5.41) is 13.8. The van der Waals surface area contributed by atoms with Crippen LogP contribution in [-0.2, 0) is 0 Å². The second-order valence-corrected chi connectivity index (χ2v) is 7.10. The van der Waals surface area contributed by atoms with Gasteiger partial charge in [-0.1, -0.05) is 72.8 Å². The highest BCUT2D eigenvalue weighted by molar-refractivity contribution is 6.17. The molecule has 5 aromatic carbocycles. The average molecular weight is 389 g/mol. The van der Waals surface area contributed by atoms with E-state index in [0.717, 1.165) is 17.1 Å². The van der Waals surface area contributed by atoms with Crippen LogP contribution in [0.1, 0.15) is 0 Å². The first-order valence-corrected chi connectivity index (χ1v) is 9.94. The number of benzene rings is 5. The fourth-order valence-corrected chi connectivity index (χ4v) is 3.98. The predicted molar refractivity (Wildman–Crippen MR) is 126 cm³/mol. The van der Waals surface area contributed by atoms with Crippen molar-refractivity contribution in [2.24, 2.45) is 0 Å². The Labute approximate surface area is 176 Å². The van der Waals surface area contributed by atoms with Crippen molar-refractivity contribution in [3.8, 4) is 5.75 Å². The third kappa shape index (κ3) is 3.28. The monoisotopic (exact) mass is 389 g/mol. The molecule has 144 valence electrons. The number of fused-ring (bicyclic) bond motifs is 2. The van der Waals surface area contributed by atoms with Gasteiger partial charge in [-0.25, -0.2) is 0 Å². The minimum Gasteiger partial charge on any atom is -0.539 e. The van der Waals surface area contributed by atoms with Gasteiger partial charge in [0.1, 0.15) is 5.75 Å². The van der Waals surface area contributed by atoms with Crippen molar-refractivity contribution >= 4 is 46.3 Å². The van der Waals surface area contributed by atoms with Gasteiger partial charge in [-0.2, -0.15) is 0 Å². The highest BCUT2D eigenvalue weighted by Gasteiger charge is 2.17. The molecule has 30 heavy (non-hydrogen) atoms. The molecular weight excluding hydrogens is 369 g/mol. The van der Waals surface area contributed by atoms with Crippen molar-refractivity contribution in [3.63, 3.8) is 0 Å². The molecule has 0 radical (unpaired) electrons. The van der Waals surface area contributed by atoms with Crippen LogP contribution in [0.2, 0.25) is 0 Å². The van der Waals surface area contributed by atoms with Crippen LogP contribution in [0.5, 0.6) is 5.75 Å². The molecule has 0 atom stereocenters. The van der Waals surface area contributed by atoms with E-state index in [1.807, 2.05) is 24.3 Å². The van der Waals surface area contributed by atoms with Crippen molar-refractivity contribution in [1.82, 2.24) is 0 Å². The predicted octanol–water partition coefficient (Wildman–Crippen LogP) is 6.10. The molecule has 1 N–H and O–H groups in total. The Hall–Kier alpha value is -3.76. The minimum atomic E-state index is -0.338. The molecule has 0 bridgehead atoms. The summed E-state index contributed by atoms with van der Waals surface area (Å²) in [4.78, 5) is 2.29. The van der Waals surface area contributed by atoms with Gasteiger partial charge >= 0.3 is 7.69 Å². The maximum atomic E-state index is 9.06. The van der Waals surface area contributed by atoms with Crippen molar-refractivity contribution in [3.05, 3.63) is 109 Å². The topological polar surface area (TPSA) is 32.7 Å². The summed E-state index contributed by atoms with van der Waals surface area (Å²) in [5.74, 6) is 0.636. The Morgan fingerprint density at radius 3 is 1.60 bits per heavy atom. The standard InChI is InChI=1S/C26H20BNO2/c29-27-30-22-17-15-21(16-18-22)28(25-13-5-9-19-7-1-3-11-23(19)25)26-14-6-10-20-8-2-4-12-24(20)26/h1-18,27,29H. The molecule has 0 unspecified atom stereocenters. The molecule has 0 aliphatic heterocycles. The first-order valence-electron chi connectivity index (χ1n) is 9.94.